The summed E-state index contributed by atoms with van der Waals surface area (Å²) in [6.07, 6.45) is -1.95. The number of guanidine groups is 1. The molecule has 0 bridgehead atoms. The van der Waals surface area contributed by atoms with Crippen LogP contribution in [0.2, 0.25) is 0 Å². The Hall–Kier alpha value is -4.24. The van der Waals surface area contributed by atoms with Gasteiger partial charge in [-0.1, -0.05) is 30.3 Å². The lowest BCUT2D eigenvalue weighted by molar-refractivity contribution is -0.147. The van der Waals surface area contributed by atoms with Crippen LogP contribution in [-0.2, 0) is 30.4 Å². The first-order valence-corrected chi connectivity index (χ1v) is 11.7. The average Bonchev–Trinajstić information content (AvgIpc) is 2.84. The SMILES string of the molecule is CC(O)C(N)C(=O)NC(Cc1ccccc1)C(=O)NC(CCCN=C(N)N)C(=O)NC(CC(=O)O)C(=O)O. The highest BCUT2D eigenvalue weighted by molar-refractivity contribution is 5.94. The number of rotatable bonds is 16. The number of carbonyl (C=O) groups excluding carboxylic acids is 3. The molecule has 0 aliphatic rings. The lowest BCUT2D eigenvalue weighted by Crippen LogP contribution is -2.58. The van der Waals surface area contributed by atoms with Gasteiger partial charge in [-0.3, -0.25) is 24.2 Å². The van der Waals surface area contributed by atoms with Crippen molar-refractivity contribution in [3.05, 3.63) is 35.9 Å². The number of carbonyl (C=O) groups is 5. The van der Waals surface area contributed by atoms with Crippen molar-refractivity contribution >= 4 is 35.6 Å². The molecule has 5 unspecified atom stereocenters. The van der Waals surface area contributed by atoms with Crippen molar-refractivity contribution in [3.8, 4) is 0 Å². The highest BCUT2D eigenvalue weighted by Crippen LogP contribution is 2.07. The Bertz CT molecular complexity index is 999. The number of carboxylic acids is 2. The second kappa shape index (κ2) is 15.8. The molecule has 15 heteroatoms. The molecule has 1 rings (SSSR count). The fourth-order valence-corrected chi connectivity index (χ4v) is 3.24. The Labute approximate surface area is 218 Å². The number of aliphatic hydroxyl groups is 1. The van der Waals surface area contributed by atoms with Crippen LogP contribution in [0, 0.1) is 0 Å². The smallest absolute Gasteiger partial charge is 0.326 e. The van der Waals surface area contributed by atoms with Crippen LogP contribution in [0.25, 0.3) is 0 Å². The zero-order valence-electron chi connectivity index (χ0n) is 20.9. The summed E-state index contributed by atoms with van der Waals surface area (Å²) in [7, 11) is 0. The monoisotopic (exact) mass is 537 g/mol. The molecule has 0 aliphatic carbocycles. The number of aliphatic hydroxyl groups excluding tert-OH is 1. The highest BCUT2D eigenvalue weighted by Gasteiger charge is 2.31. The van der Waals surface area contributed by atoms with E-state index in [4.69, 9.17) is 22.3 Å². The predicted octanol–water partition coefficient (Wildman–Crippen LogP) is -3.00. The van der Waals surface area contributed by atoms with Gasteiger partial charge in [0.15, 0.2) is 5.96 Å². The van der Waals surface area contributed by atoms with Gasteiger partial charge in [-0.25, -0.2) is 4.79 Å². The molecule has 210 valence electrons. The van der Waals surface area contributed by atoms with Gasteiger partial charge < -0.3 is 48.5 Å². The topological polar surface area (TPSA) is 273 Å². The normalized spacial score (nSPS) is 14.6. The van der Waals surface area contributed by atoms with E-state index in [0.29, 0.717) is 5.56 Å². The quantitative estimate of drug-likeness (QED) is 0.0582. The van der Waals surface area contributed by atoms with E-state index in [-0.39, 0.29) is 31.8 Å². The Morgan fingerprint density at radius 2 is 1.45 bits per heavy atom. The number of carboxylic acid groups (broad SMARTS) is 2. The molecule has 0 heterocycles. The molecule has 38 heavy (non-hydrogen) atoms. The number of hydrogen-bond donors (Lipinski definition) is 9. The van der Waals surface area contributed by atoms with E-state index in [1.807, 2.05) is 0 Å². The third-order valence-corrected chi connectivity index (χ3v) is 5.31. The second-order valence-corrected chi connectivity index (χ2v) is 8.52. The first-order valence-electron chi connectivity index (χ1n) is 11.7. The van der Waals surface area contributed by atoms with E-state index in [1.54, 1.807) is 30.3 Å². The molecule has 0 saturated heterocycles. The van der Waals surface area contributed by atoms with E-state index < -0.39 is 66.4 Å². The number of aliphatic imine (C=N–C) groups is 1. The molecular weight excluding hydrogens is 502 g/mol. The van der Waals surface area contributed by atoms with Crippen LogP contribution in [0.5, 0.6) is 0 Å². The maximum Gasteiger partial charge on any atom is 0.326 e. The van der Waals surface area contributed by atoms with Crippen molar-refractivity contribution in [2.75, 3.05) is 6.54 Å². The average molecular weight is 538 g/mol. The third-order valence-electron chi connectivity index (χ3n) is 5.31. The van der Waals surface area contributed by atoms with Crippen LogP contribution in [0.1, 0.15) is 31.7 Å². The largest absolute Gasteiger partial charge is 0.481 e. The second-order valence-electron chi connectivity index (χ2n) is 8.52. The molecular formula is C23H35N7O8. The molecule has 3 amide bonds. The Morgan fingerprint density at radius 3 is 1.97 bits per heavy atom. The first kappa shape index (κ1) is 31.8. The molecule has 0 spiro atoms. The molecule has 5 atom stereocenters. The van der Waals surface area contributed by atoms with Crippen molar-refractivity contribution in [1.82, 2.24) is 16.0 Å². The summed E-state index contributed by atoms with van der Waals surface area (Å²) in [6, 6.07) is 3.00. The Morgan fingerprint density at radius 1 is 0.895 bits per heavy atom. The van der Waals surface area contributed by atoms with Crippen molar-refractivity contribution < 1.29 is 39.3 Å². The summed E-state index contributed by atoms with van der Waals surface area (Å²) < 4.78 is 0. The summed E-state index contributed by atoms with van der Waals surface area (Å²) in [4.78, 5) is 64.8. The fourth-order valence-electron chi connectivity index (χ4n) is 3.24. The lowest BCUT2D eigenvalue weighted by atomic mass is 10.0. The summed E-state index contributed by atoms with van der Waals surface area (Å²) in [5, 5.41) is 34.9. The minimum absolute atomic E-state index is 0.00402. The highest BCUT2D eigenvalue weighted by atomic mass is 16.4. The summed E-state index contributed by atoms with van der Waals surface area (Å²) >= 11 is 0. The van der Waals surface area contributed by atoms with Gasteiger partial charge in [-0.15, -0.1) is 0 Å². The summed E-state index contributed by atoms with van der Waals surface area (Å²) in [6.45, 7) is 1.40. The summed E-state index contributed by atoms with van der Waals surface area (Å²) in [5.41, 5.74) is 16.9. The first-order chi connectivity index (χ1) is 17.8. The van der Waals surface area contributed by atoms with Crippen LogP contribution < -0.4 is 33.2 Å². The standard InChI is InChI=1S/C23H35N7O8/c1-12(31)18(24)21(36)29-15(10-13-6-3-2-4-7-13)20(35)28-14(8-5-9-27-23(25)26)19(34)30-16(22(37)38)11-17(32)33/h2-4,6-7,12,14-16,18,31H,5,8-11,24H2,1H3,(H,28,35)(H,29,36)(H,30,34)(H,32,33)(H,37,38)(H4,25,26,27). The molecule has 1 aromatic rings. The van der Waals surface area contributed by atoms with Gasteiger partial charge in [0, 0.05) is 13.0 Å². The zero-order chi connectivity index (χ0) is 28.8. The van der Waals surface area contributed by atoms with Crippen molar-refractivity contribution in [2.45, 2.75) is 62.9 Å². The van der Waals surface area contributed by atoms with E-state index in [1.165, 1.54) is 6.92 Å². The fraction of sp³-hybridized carbons (Fsp3) is 0.478. The van der Waals surface area contributed by atoms with E-state index in [0.717, 1.165) is 0 Å². The molecule has 0 fully saturated rings. The number of benzene rings is 1. The van der Waals surface area contributed by atoms with Crippen molar-refractivity contribution in [2.24, 2.45) is 22.2 Å². The summed E-state index contributed by atoms with van der Waals surface area (Å²) in [5.74, 6) is -5.78. The van der Waals surface area contributed by atoms with Gasteiger partial charge in [-0.05, 0) is 25.3 Å². The van der Waals surface area contributed by atoms with Crippen LogP contribution in [-0.4, -0.2) is 87.8 Å². The number of aliphatic carboxylic acids is 2. The molecule has 1 aromatic carbocycles. The van der Waals surface area contributed by atoms with Gasteiger partial charge in [0.1, 0.15) is 24.2 Å². The molecule has 12 N–H and O–H groups in total. The van der Waals surface area contributed by atoms with Gasteiger partial charge in [-0.2, -0.15) is 0 Å². The minimum Gasteiger partial charge on any atom is -0.481 e. The molecule has 0 radical (unpaired) electrons. The van der Waals surface area contributed by atoms with E-state index in [9.17, 15) is 34.2 Å². The van der Waals surface area contributed by atoms with E-state index in [2.05, 4.69) is 20.9 Å². The van der Waals surface area contributed by atoms with Crippen molar-refractivity contribution in [3.63, 3.8) is 0 Å². The van der Waals surface area contributed by atoms with Crippen molar-refractivity contribution in [1.29, 1.82) is 0 Å². The Balaban J connectivity index is 3.16. The number of amides is 3. The lowest BCUT2D eigenvalue weighted by Gasteiger charge is -2.25. The maximum atomic E-state index is 13.2. The number of hydrogen-bond acceptors (Lipinski definition) is 8. The minimum atomic E-state index is -1.75. The molecule has 0 aromatic heterocycles. The molecule has 0 saturated carbocycles. The van der Waals surface area contributed by atoms with Gasteiger partial charge in [0.25, 0.3) is 0 Å². The van der Waals surface area contributed by atoms with Crippen LogP contribution in [0.15, 0.2) is 35.3 Å². The van der Waals surface area contributed by atoms with Gasteiger partial charge in [0.05, 0.1) is 12.5 Å². The number of nitrogens with two attached hydrogens (primary N) is 3. The van der Waals surface area contributed by atoms with Crippen LogP contribution in [0.3, 0.4) is 0 Å². The predicted molar refractivity (Wildman–Crippen MR) is 135 cm³/mol. The molecule has 15 nitrogen and oxygen atoms in total. The van der Waals surface area contributed by atoms with Gasteiger partial charge >= 0.3 is 11.9 Å². The maximum absolute atomic E-state index is 13.2. The third kappa shape index (κ3) is 11.7. The zero-order valence-corrected chi connectivity index (χ0v) is 20.9. The number of nitrogens with zero attached hydrogens (tertiary/aromatic N) is 1. The van der Waals surface area contributed by atoms with Crippen LogP contribution in [0.4, 0.5) is 0 Å². The van der Waals surface area contributed by atoms with Crippen LogP contribution >= 0.6 is 0 Å². The Kier molecular flexibility index (Phi) is 13.2. The molecule has 0 aliphatic heterocycles. The number of nitrogens with one attached hydrogen (secondary N) is 3. The van der Waals surface area contributed by atoms with Gasteiger partial charge in [0.2, 0.25) is 17.7 Å². The van der Waals surface area contributed by atoms with E-state index >= 15 is 0 Å².